The molecule has 0 spiro atoms. The zero-order valence-electron chi connectivity index (χ0n) is 7.66. The summed E-state index contributed by atoms with van der Waals surface area (Å²) in [6.07, 6.45) is 1.60. The molecule has 1 heterocycles. The molecule has 1 aliphatic rings. The number of hydrogen-bond acceptors (Lipinski definition) is 3. The molecule has 3 atom stereocenters. The van der Waals surface area contributed by atoms with Crippen LogP contribution in [0.1, 0.15) is 19.8 Å². The van der Waals surface area contributed by atoms with Crippen molar-refractivity contribution >= 4 is 0 Å². The summed E-state index contributed by atoms with van der Waals surface area (Å²) in [4.78, 5) is 0. The predicted octanol–water partition coefficient (Wildman–Crippen LogP) is -0.0247. The Hall–Kier alpha value is -0.120. The fourth-order valence-corrected chi connectivity index (χ4v) is 1.74. The second-order valence-corrected chi connectivity index (χ2v) is 3.84. The minimum Gasteiger partial charge on any atom is -0.396 e. The first-order valence-corrected chi connectivity index (χ1v) is 4.73. The Morgan fingerprint density at radius 3 is 2.92 bits per heavy atom. The lowest BCUT2D eigenvalue weighted by atomic mass is 9.88. The topological polar surface area (TPSA) is 52.5 Å². The van der Waals surface area contributed by atoms with Crippen LogP contribution in [-0.2, 0) is 0 Å². The van der Waals surface area contributed by atoms with E-state index in [-0.39, 0.29) is 12.7 Å². The van der Waals surface area contributed by atoms with Crippen molar-refractivity contribution in [3.63, 3.8) is 0 Å². The second-order valence-electron chi connectivity index (χ2n) is 3.84. The summed E-state index contributed by atoms with van der Waals surface area (Å²) in [5.41, 5.74) is 0. The number of hydrogen-bond donors (Lipinski definition) is 3. The third-order valence-electron chi connectivity index (χ3n) is 2.58. The van der Waals surface area contributed by atoms with E-state index in [2.05, 4.69) is 5.32 Å². The summed E-state index contributed by atoms with van der Waals surface area (Å²) in [6, 6.07) is 0. The van der Waals surface area contributed by atoms with Crippen molar-refractivity contribution in [1.29, 1.82) is 0 Å². The number of nitrogens with one attached hydrogen (secondary N) is 1. The maximum Gasteiger partial charge on any atom is 0.0592 e. The summed E-state index contributed by atoms with van der Waals surface area (Å²) >= 11 is 0. The van der Waals surface area contributed by atoms with Crippen molar-refractivity contribution in [2.24, 2.45) is 11.8 Å². The highest BCUT2D eigenvalue weighted by molar-refractivity contribution is 4.78. The third kappa shape index (κ3) is 2.73. The molecule has 3 heteroatoms. The van der Waals surface area contributed by atoms with Gasteiger partial charge in [-0.2, -0.15) is 0 Å². The largest absolute Gasteiger partial charge is 0.396 e. The highest BCUT2D eigenvalue weighted by Crippen LogP contribution is 2.19. The molecule has 0 radical (unpaired) electrons. The molecule has 1 fully saturated rings. The fraction of sp³-hybridized carbons (Fsp3) is 1.00. The lowest BCUT2D eigenvalue weighted by Gasteiger charge is -2.29. The molecular formula is C9H19NO2. The van der Waals surface area contributed by atoms with E-state index in [4.69, 9.17) is 5.11 Å². The van der Waals surface area contributed by atoms with Crippen LogP contribution >= 0.6 is 0 Å². The summed E-state index contributed by atoms with van der Waals surface area (Å²) < 4.78 is 0. The Balaban J connectivity index is 2.28. The molecule has 0 bridgehead atoms. The van der Waals surface area contributed by atoms with Gasteiger partial charge in [0, 0.05) is 13.2 Å². The summed E-state index contributed by atoms with van der Waals surface area (Å²) in [6.45, 7) is 4.06. The van der Waals surface area contributed by atoms with E-state index in [1.54, 1.807) is 0 Å². The highest BCUT2D eigenvalue weighted by atomic mass is 16.3. The Kier molecular flexibility index (Phi) is 3.98. The van der Waals surface area contributed by atoms with Gasteiger partial charge >= 0.3 is 0 Å². The standard InChI is InChI=1S/C9H19NO2/c1-7(6-11)4-8-5-10-3-2-9(8)12/h7-12H,2-6H2,1H3. The Labute approximate surface area is 73.8 Å². The van der Waals surface area contributed by atoms with Crippen LogP contribution in [0, 0.1) is 11.8 Å². The first-order valence-electron chi connectivity index (χ1n) is 4.73. The SMILES string of the molecule is CC(CO)CC1CNCCC1O. The second kappa shape index (κ2) is 4.80. The lowest BCUT2D eigenvalue weighted by molar-refractivity contribution is 0.0600. The quantitative estimate of drug-likeness (QED) is 0.562. The first-order chi connectivity index (χ1) is 5.74. The van der Waals surface area contributed by atoms with Gasteiger partial charge in [0.05, 0.1) is 6.10 Å². The first kappa shape index (κ1) is 9.96. The zero-order chi connectivity index (χ0) is 8.97. The van der Waals surface area contributed by atoms with Crippen molar-refractivity contribution in [2.75, 3.05) is 19.7 Å². The molecule has 1 saturated heterocycles. The number of aliphatic hydroxyl groups excluding tert-OH is 2. The van der Waals surface area contributed by atoms with Crippen LogP contribution in [0.4, 0.5) is 0 Å². The molecule has 0 aliphatic carbocycles. The van der Waals surface area contributed by atoms with Gasteiger partial charge in [-0.05, 0) is 31.2 Å². The van der Waals surface area contributed by atoms with Crippen molar-refractivity contribution in [3.8, 4) is 0 Å². The van der Waals surface area contributed by atoms with Crippen LogP contribution in [0.2, 0.25) is 0 Å². The lowest BCUT2D eigenvalue weighted by Crippen LogP contribution is -2.40. The zero-order valence-corrected chi connectivity index (χ0v) is 7.66. The maximum absolute atomic E-state index is 9.59. The molecule has 0 aromatic heterocycles. The Morgan fingerprint density at radius 2 is 2.33 bits per heavy atom. The minimum atomic E-state index is -0.166. The average Bonchev–Trinajstić information content (AvgIpc) is 2.09. The molecule has 1 rings (SSSR count). The van der Waals surface area contributed by atoms with Crippen LogP contribution in [0.3, 0.4) is 0 Å². The smallest absolute Gasteiger partial charge is 0.0592 e. The Morgan fingerprint density at radius 1 is 1.58 bits per heavy atom. The van der Waals surface area contributed by atoms with Gasteiger partial charge in [0.25, 0.3) is 0 Å². The molecule has 0 amide bonds. The predicted molar refractivity (Wildman–Crippen MR) is 47.9 cm³/mol. The van der Waals surface area contributed by atoms with Crippen molar-refractivity contribution in [3.05, 3.63) is 0 Å². The van der Waals surface area contributed by atoms with Crippen LogP contribution in [0.5, 0.6) is 0 Å². The molecule has 0 aromatic carbocycles. The monoisotopic (exact) mass is 173 g/mol. The van der Waals surface area contributed by atoms with E-state index in [9.17, 15) is 5.11 Å². The summed E-state index contributed by atoms with van der Waals surface area (Å²) in [7, 11) is 0. The molecular weight excluding hydrogens is 154 g/mol. The average molecular weight is 173 g/mol. The Bertz CT molecular complexity index is 130. The summed E-state index contributed by atoms with van der Waals surface area (Å²) in [5, 5.41) is 21.7. The van der Waals surface area contributed by atoms with Crippen LogP contribution in [-0.4, -0.2) is 36.0 Å². The van der Waals surface area contributed by atoms with Gasteiger partial charge in [0.15, 0.2) is 0 Å². The van der Waals surface area contributed by atoms with Crippen LogP contribution < -0.4 is 5.32 Å². The van der Waals surface area contributed by atoms with Gasteiger partial charge in [-0.3, -0.25) is 0 Å². The van der Waals surface area contributed by atoms with E-state index in [0.717, 1.165) is 25.9 Å². The van der Waals surface area contributed by atoms with Gasteiger partial charge in [0.1, 0.15) is 0 Å². The highest BCUT2D eigenvalue weighted by Gasteiger charge is 2.23. The number of aliphatic hydroxyl groups is 2. The van der Waals surface area contributed by atoms with Crippen molar-refractivity contribution in [1.82, 2.24) is 5.32 Å². The minimum absolute atomic E-state index is 0.166. The fourth-order valence-electron chi connectivity index (χ4n) is 1.74. The van der Waals surface area contributed by atoms with E-state index in [0.29, 0.717) is 11.8 Å². The van der Waals surface area contributed by atoms with Gasteiger partial charge < -0.3 is 15.5 Å². The maximum atomic E-state index is 9.59. The van der Waals surface area contributed by atoms with E-state index < -0.39 is 0 Å². The van der Waals surface area contributed by atoms with Crippen LogP contribution in [0.25, 0.3) is 0 Å². The van der Waals surface area contributed by atoms with E-state index in [1.807, 2.05) is 6.92 Å². The molecule has 3 N–H and O–H groups in total. The molecule has 1 aliphatic heterocycles. The van der Waals surface area contributed by atoms with Gasteiger partial charge in [-0.15, -0.1) is 0 Å². The summed E-state index contributed by atoms with van der Waals surface area (Å²) in [5.74, 6) is 0.644. The van der Waals surface area contributed by atoms with E-state index >= 15 is 0 Å². The normalized spacial score (nSPS) is 33.2. The van der Waals surface area contributed by atoms with Gasteiger partial charge in [0.2, 0.25) is 0 Å². The third-order valence-corrected chi connectivity index (χ3v) is 2.58. The number of piperidine rings is 1. The molecule has 0 saturated carbocycles. The van der Waals surface area contributed by atoms with Gasteiger partial charge in [-0.1, -0.05) is 6.92 Å². The molecule has 0 aromatic rings. The van der Waals surface area contributed by atoms with Crippen molar-refractivity contribution < 1.29 is 10.2 Å². The molecule has 72 valence electrons. The van der Waals surface area contributed by atoms with E-state index in [1.165, 1.54) is 0 Å². The van der Waals surface area contributed by atoms with Crippen LogP contribution in [0.15, 0.2) is 0 Å². The molecule has 3 unspecified atom stereocenters. The molecule has 3 nitrogen and oxygen atoms in total. The number of rotatable bonds is 3. The van der Waals surface area contributed by atoms with Crippen molar-refractivity contribution in [2.45, 2.75) is 25.9 Å². The van der Waals surface area contributed by atoms with Gasteiger partial charge in [-0.25, -0.2) is 0 Å². The molecule has 12 heavy (non-hydrogen) atoms.